The first kappa shape index (κ1) is 9.91. The van der Waals surface area contributed by atoms with Crippen molar-refractivity contribution in [2.24, 2.45) is 5.92 Å². The van der Waals surface area contributed by atoms with Crippen LogP contribution in [0.25, 0.3) is 0 Å². The van der Waals surface area contributed by atoms with E-state index >= 15 is 0 Å². The molecular weight excluding hydrogens is 192 g/mol. The highest BCUT2D eigenvalue weighted by molar-refractivity contribution is 7.98. The molecule has 0 spiro atoms. The topological polar surface area (TPSA) is 20.2 Å². The number of hydrogen-bond donors (Lipinski definition) is 1. The summed E-state index contributed by atoms with van der Waals surface area (Å²) in [6.07, 6.45) is 5.63. The van der Waals surface area contributed by atoms with Crippen molar-refractivity contribution in [2.45, 2.75) is 31.1 Å². The van der Waals surface area contributed by atoms with Crippen molar-refractivity contribution in [1.82, 2.24) is 0 Å². The summed E-state index contributed by atoms with van der Waals surface area (Å²) in [7, 11) is 0. The average Bonchev–Trinajstić information content (AvgIpc) is 2.17. The molecule has 0 saturated heterocycles. The molecular formula is C12H16OS. The number of benzene rings is 1. The third kappa shape index (κ3) is 1.76. The lowest BCUT2D eigenvalue weighted by Crippen LogP contribution is -2.12. The zero-order chi connectivity index (χ0) is 10.1. The number of fused-ring (bicyclic) bond motifs is 1. The summed E-state index contributed by atoms with van der Waals surface area (Å²) in [5.74, 6) is 1.21. The standard InChI is InChI=1S/C12H16OS/c1-8-3-4-9-6-10(13)7-12(14-2)11(9)5-8/h6-8,13H,3-5H2,1-2H3. The van der Waals surface area contributed by atoms with Gasteiger partial charge in [0.05, 0.1) is 0 Å². The molecule has 1 aromatic rings. The number of rotatable bonds is 1. The smallest absolute Gasteiger partial charge is 0.116 e. The van der Waals surface area contributed by atoms with Gasteiger partial charge in [-0.3, -0.25) is 0 Å². The summed E-state index contributed by atoms with van der Waals surface area (Å²) < 4.78 is 0. The number of phenols is 1. The fraction of sp³-hybridized carbons (Fsp3) is 0.500. The fourth-order valence-electron chi connectivity index (χ4n) is 2.18. The van der Waals surface area contributed by atoms with Crippen LogP contribution in [0.5, 0.6) is 5.75 Å². The van der Waals surface area contributed by atoms with E-state index in [-0.39, 0.29) is 0 Å². The highest BCUT2D eigenvalue weighted by Crippen LogP contribution is 2.35. The Balaban J connectivity index is 2.47. The number of hydrogen-bond acceptors (Lipinski definition) is 2. The highest BCUT2D eigenvalue weighted by atomic mass is 32.2. The fourth-order valence-corrected chi connectivity index (χ4v) is 2.88. The predicted molar refractivity (Wildman–Crippen MR) is 61.1 cm³/mol. The molecule has 0 aliphatic heterocycles. The lowest BCUT2D eigenvalue weighted by atomic mass is 9.85. The van der Waals surface area contributed by atoms with Gasteiger partial charge >= 0.3 is 0 Å². The number of phenolic OH excluding ortho intramolecular Hbond substituents is 1. The van der Waals surface area contributed by atoms with Crippen LogP contribution in [0.2, 0.25) is 0 Å². The van der Waals surface area contributed by atoms with Crippen LogP contribution in [0.3, 0.4) is 0 Å². The SMILES string of the molecule is CSc1cc(O)cc2c1CC(C)CC2. The maximum absolute atomic E-state index is 9.55. The molecule has 1 aliphatic carbocycles. The average molecular weight is 208 g/mol. The van der Waals surface area contributed by atoms with Crippen molar-refractivity contribution in [3.05, 3.63) is 23.3 Å². The Morgan fingerprint density at radius 2 is 2.21 bits per heavy atom. The minimum Gasteiger partial charge on any atom is -0.508 e. The van der Waals surface area contributed by atoms with E-state index in [1.54, 1.807) is 11.8 Å². The molecule has 0 saturated carbocycles. The number of thioether (sulfide) groups is 1. The molecule has 1 atom stereocenters. The van der Waals surface area contributed by atoms with E-state index in [2.05, 4.69) is 13.2 Å². The van der Waals surface area contributed by atoms with Gasteiger partial charge in [0.25, 0.3) is 0 Å². The van der Waals surface area contributed by atoms with Gasteiger partial charge in [-0.1, -0.05) is 6.92 Å². The molecule has 2 heteroatoms. The van der Waals surface area contributed by atoms with Crippen molar-refractivity contribution in [1.29, 1.82) is 0 Å². The molecule has 2 rings (SSSR count). The Morgan fingerprint density at radius 1 is 1.43 bits per heavy atom. The summed E-state index contributed by atoms with van der Waals surface area (Å²) in [6, 6.07) is 3.82. The van der Waals surface area contributed by atoms with E-state index in [1.165, 1.54) is 28.9 Å². The Morgan fingerprint density at radius 3 is 2.93 bits per heavy atom. The number of aromatic hydroxyl groups is 1. The van der Waals surface area contributed by atoms with Gasteiger partial charge in [0.1, 0.15) is 5.75 Å². The van der Waals surface area contributed by atoms with Gasteiger partial charge < -0.3 is 5.11 Å². The molecule has 0 fully saturated rings. The Hall–Kier alpha value is -0.630. The molecule has 14 heavy (non-hydrogen) atoms. The van der Waals surface area contributed by atoms with Crippen LogP contribution in [0.15, 0.2) is 17.0 Å². The summed E-state index contributed by atoms with van der Waals surface area (Å²) in [5, 5.41) is 9.55. The predicted octanol–water partition coefficient (Wildman–Crippen LogP) is 3.24. The van der Waals surface area contributed by atoms with Crippen molar-refractivity contribution in [3.8, 4) is 5.75 Å². The Bertz CT molecular complexity index is 329. The maximum Gasteiger partial charge on any atom is 0.116 e. The normalized spacial score (nSPS) is 20.6. The number of aryl methyl sites for hydroxylation is 1. The molecule has 0 aromatic heterocycles. The molecule has 0 heterocycles. The molecule has 0 amide bonds. The first-order chi connectivity index (χ1) is 6.70. The van der Waals surface area contributed by atoms with Crippen LogP contribution in [-0.4, -0.2) is 11.4 Å². The molecule has 1 nitrogen and oxygen atoms in total. The van der Waals surface area contributed by atoms with Crippen LogP contribution in [0.1, 0.15) is 24.5 Å². The summed E-state index contributed by atoms with van der Waals surface area (Å²) in [4.78, 5) is 1.26. The van der Waals surface area contributed by atoms with Crippen LogP contribution < -0.4 is 0 Å². The molecule has 1 N–H and O–H groups in total. The van der Waals surface area contributed by atoms with Gasteiger partial charge in [0.15, 0.2) is 0 Å². The summed E-state index contributed by atoms with van der Waals surface area (Å²) in [5.41, 5.74) is 2.82. The van der Waals surface area contributed by atoms with E-state index in [0.29, 0.717) is 5.75 Å². The van der Waals surface area contributed by atoms with Gasteiger partial charge in [0, 0.05) is 4.90 Å². The molecule has 1 unspecified atom stereocenters. The summed E-state index contributed by atoms with van der Waals surface area (Å²) >= 11 is 1.74. The van der Waals surface area contributed by atoms with E-state index < -0.39 is 0 Å². The zero-order valence-electron chi connectivity index (χ0n) is 8.71. The van der Waals surface area contributed by atoms with Gasteiger partial charge in [-0.2, -0.15) is 0 Å². The van der Waals surface area contributed by atoms with E-state index in [0.717, 1.165) is 12.3 Å². The lowest BCUT2D eigenvalue weighted by molar-refractivity contribution is 0.462. The minimum absolute atomic E-state index is 0.419. The van der Waals surface area contributed by atoms with Crippen molar-refractivity contribution >= 4 is 11.8 Å². The van der Waals surface area contributed by atoms with Crippen LogP contribution in [0, 0.1) is 5.92 Å². The maximum atomic E-state index is 9.55. The second-order valence-electron chi connectivity index (χ2n) is 4.13. The second kappa shape index (κ2) is 3.85. The highest BCUT2D eigenvalue weighted by Gasteiger charge is 2.18. The van der Waals surface area contributed by atoms with Crippen molar-refractivity contribution in [3.63, 3.8) is 0 Å². The molecule has 1 aromatic carbocycles. The third-order valence-corrected chi connectivity index (χ3v) is 3.77. The first-order valence-electron chi connectivity index (χ1n) is 5.09. The van der Waals surface area contributed by atoms with Crippen molar-refractivity contribution in [2.75, 3.05) is 6.26 Å². The molecule has 0 bridgehead atoms. The largest absolute Gasteiger partial charge is 0.508 e. The Labute approximate surface area is 89.5 Å². The minimum atomic E-state index is 0.419. The van der Waals surface area contributed by atoms with E-state index in [4.69, 9.17) is 0 Å². The monoisotopic (exact) mass is 208 g/mol. The lowest BCUT2D eigenvalue weighted by Gasteiger charge is -2.23. The summed E-state index contributed by atoms with van der Waals surface area (Å²) in [6.45, 7) is 2.31. The van der Waals surface area contributed by atoms with Gasteiger partial charge in [-0.05, 0) is 54.7 Å². The first-order valence-corrected chi connectivity index (χ1v) is 6.32. The quantitative estimate of drug-likeness (QED) is 0.715. The van der Waals surface area contributed by atoms with Crippen LogP contribution >= 0.6 is 11.8 Å². The molecule has 0 radical (unpaired) electrons. The molecule has 1 aliphatic rings. The zero-order valence-corrected chi connectivity index (χ0v) is 9.53. The second-order valence-corrected chi connectivity index (χ2v) is 4.98. The van der Waals surface area contributed by atoms with Crippen LogP contribution in [-0.2, 0) is 12.8 Å². The van der Waals surface area contributed by atoms with Crippen molar-refractivity contribution < 1.29 is 5.11 Å². The van der Waals surface area contributed by atoms with E-state index in [1.807, 2.05) is 12.1 Å². The van der Waals surface area contributed by atoms with Gasteiger partial charge in [-0.25, -0.2) is 0 Å². The third-order valence-electron chi connectivity index (χ3n) is 2.97. The van der Waals surface area contributed by atoms with Gasteiger partial charge in [-0.15, -0.1) is 11.8 Å². The van der Waals surface area contributed by atoms with E-state index in [9.17, 15) is 5.11 Å². The molecule has 76 valence electrons. The van der Waals surface area contributed by atoms with Crippen LogP contribution in [0.4, 0.5) is 0 Å². The Kier molecular flexibility index (Phi) is 2.73. The van der Waals surface area contributed by atoms with Gasteiger partial charge in [0.2, 0.25) is 0 Å².